The Balaban J connectivity index is 1.68. The maximum Gasteiger partial charge on any atom is 0.293 e. The van der Waals surface area contributed by atoms with Gasteiger partial charge in [-0.05, 0) is 29.7 Å². The van der Waals surface area contributed by atoms with E-state index in [9.17, 15) is 29.6 Å². The maximum absolute atomic E-state index is 14.1. The Morgan fingerprint density at radius 2 is 1.68 bits per heavy atom. The monoisotopic (exact) mass is 562 g/mol. The third-order valence-corrected chi connectivity index (χ3v) is 7.44. The number of fused-ring (bicyclic) bond motifs is 5. The minimum atomic E-state index is -2.73. The van der Waals surface area contributed by atoms with Gasteiger partial charge < -0.3 is 29.4 Å². The number of rotatable bonds is 8. The van der Waals surface area contributed by atoms with Crippen LogP contribution in [0.5, 0.6) is 23.0 Å². The van der Waals surface area contributed by atoms with Gasteiger partial charge in [-0.2, -0.15) is 0 Å². The number of carbonyl (C=O) groups is 3. The average Bonchev–Trinajstić information content (AvgIpc) is 3.32. The number of aliphatic hydroxyl groups is 1. The van der Waals surface area contributed by atoms with Crippen LogP contribution in [0.15, 0.2) is 48.5 Å². The highest BCUT2D eigenvalue weighted by Gasteiger charge is 2.73. The Morgan fingerprint density at radius 1 is 1.02 bits per heavy atom. The summed E-state index contributed by atoms with van der Waals surface area (Å²) in [6, 6.07) is 11.0. The minimum Gasteiger partial charge on any atom is -0.493 e. The van der Waals surface area contributed by atoms with E-state index < -0.39 is 45.0 Å². The Bertz CT molecular complexity index is 1620. The zero-order chi connectivity index (χ0) is 29.9. The molecule has 12 nitrogen and oxygen atoms in total. The second-order valence-electron chi connectivity index (χ2n) is 9.89. The first kappa shape index (κ1) is 27.6. The number of ketones is 2. The van der Waals surface area contributed by atoms with Gasteiger partial charge in [0.15, 0.2) is 11.5 Å². The average molecular weight is 563 g/mol. The quantitative estimate of drug-likeness (QED) is 0.180. The SMILES string of the molecule is COc1cc(C(=O)C(=O)NC23C(=O)c4cccc([N+](=O)[O-])c4C2(O)Oc2cc(C(C)C)ccc23)cc(OC)c1OC. The van der Waals surface area contributed by atoms with Crippen molar-refractivity contribution in [1.29, 1.82) is 0 Å². The summed E-state index contributed by atoms with van der Waals surface area (Å²) in [4.78, 5) is 52.4. The number of nitro groups is 1. The topological polar surface area (TPSA) is 164 Å². The largest absolute Gasteiger partial charge is 0.493 e. The van der Waals surface area contributed by atoms with Gasteiger partial charge >= 0.3 is 0 Å². The van der Waals surface area contributed by atoms with Crippen LogP contribution in [0, 0.1) is 10.1 Å². The highest BCUT2D eigenvalue weighted by atomic mass is 16.6. The summed E-state index contributed by atoms with van der Waals surface area (Å²) in [5.41, 5.74) is -2.95. The van der Waals surface area contributed by atoms with Crippen LogP contribution in [0.1, 0.15) is 57.2 Å². The predicted molar refractivity (Wildman–Crippen MR) is 143 cm³/mol. The van der Waals surface area contributed by atoms with Crippen molar-refractivity contribution in [1.82, 2.24) is 5.32 Å². The molecule has 1 aliphatic heterocycles. The number of carbonyl (C=O) groups excluding carboxylic acids is 3. The number of methoxy groups -OCH3 is 3. The molecular formula is C29H26N2O10. The number of ether oxygens (including phenoxy) is 4. The third kappa shape index (κ3) is 3.74. The number of nitro benzene ring substituents is 1. The lowest BCUT2D eigenvalue weighted by Crippen LogP contribution is -2.61. The molecule has 2 unspecified atom stereocenters. The van der Waals surface area contributed by atoms with Crippen LogP contribution in [0.25, 0.3) is 0 Å². The van der Waals surface area contributed by atoms with Crippen molar-refractivity contribution < 1.29 is 43.4 Å². The van der Waals surface area contributed by atoms with Crippen molar-refractivity contribution in [2.24, 2.45) is 0 Å². The number of Topliss-reactive ketones (excluding diaryl/α,β-unsaturated/α-hetero) is 2. The van der Waals surface area contributed by atoms with E-state index in [1.165, 1.54) is 51.7 Å². The molecule has 41 heavy (non-hydrogen) atoms. The van der Waals surface area contributed by atoms with Gasteiger partial charge in [-0.3, -0.25) is 24.5 Å². The summed E-state index contributed by atoms with van der Waals surface area (Å²) in [7, 11) is 4.05. The predicted octanol–water partition coefficient (Wildman–Crippen LogP) is 3.37. The van der Waals surface area contributed by atoms with Crippen LogP contribution >= 0.6 is 0 Å². The van der Waals surface area contributed by atoms with Crippen LogP contribution in [0.3, 0.4) is 0 Å². The molecule has 1 amide bonds. The third-order valence-electron chi connectivity index (χ3n) is 7.44. The van der Waals surface area contributed by atoms with Crippen molar-refractivity contribution in [3.05, 3.63) is 86.5 Å². The Morgan fingerprint density at radius 3 is 2.24 bits per heavy atom. The molecule has 3 aromatic carbocycles. The molecule has 0 aromatic heterocycles. The molecule has 0 fully saturated rings. The van der Waals surface area contributed by atoms with Crippen LogP contribution < -0.4 is 24.3 Å². The zero-order valence-corrected chi connectivity index (χ0v) is 22.8. The summed E-state index contributed by atoms with van der Waals surface area (Å²) in [6.07, 6.45) is 0. The number of nitrogens with one attached hydrogen (secondary N) is 1. The normalized spacial score (nSPS) is 20.0. The van der Waals surface area contributed by atoms with Crippen LogP contribution in [-0.4, -0.2) is 48.8 Å². The molecule has 2 N–H and O–H groups in total. The van der Waals surface area contributed by atoms with Gasteiger partial charge in [0, 0.05) is 22.8 Å². The van der Waals surface area contributed by atoms with E-state index in [4.69, 9.17) is 18.9 Å². The number of benzene rings is 3. The minimum absolute atomic E-state index is 0.0310. The molecule has 5 rings (SSSR count). The molecule has 1 heterocycles. The lowest BCUT2D eigenvalue weighted by molar-refractivity contribution is -0.388. The molecule has 0 saturated heterocycles. The van der Waals surface area contributed by atoms with Crippen molar-refractivity contribution >= 4 is 23.2 Å². The summed E-state index contributed by atoms with van der Waals surface area (Å²) in [5.74, 6) is -5.53. The molecule has 0 spiro atoms. The molecule has 212 valence electrons. The molecule has 2 atom stereocenters. The molecule has 0 radical (unpaired) electrons. The van der Waals surface area contributed by atoms with Gasteiger partial charge in [0.05, 0.1) is 26.3 Å². The molecule has 3 aromatic rings. The van der Waals surface area contributed by atoms with Gasteiger partial charge in [0.1, 0.15) is 11.3 Å². The van der Waals surface area contributed by atoms with Crippen LogP contribution in [0.2, 0.25) is 0 Å². The standard InChI is InChI=1S/C29H26N2O10/c1-14(2)15-9-10-18-20(11-15)41-29(35)23-17(7-6-8-19(23)31(36)37)26(33)28(18,29)30-27(34)24(32)16-12-21(38-3)25(40-5)22(13-16)39-4/h6-14,35H,1-5H3,(H,30,34). The van der Waals surface area contributed by atoms with Gasteiger partial charge in [0.25, 0.3) is 17.4 Å². The first-order valence-corrected chi connectivity index (χ1v) is 12.5. The number of hydrogen-bond acceptors (Lipinski definition) is 10. The number of nitrogens with zero attached hydrogens (tertiary/aromatic N) is 1. The summed E-state index contributed by atoms with van der Waals surface area (Å²) >= 11 is 0. The Hall–Kier alpha value is -4.97. The van der Waals surface area contributed by atoms with Gasteiger partial charge in [0.2, 0.25) is 22.9 Å². The molecule has 0 bridgehead atoms. The summed E-state index contributed by atoms with van der Waals surface area (Å²) in [6.45, 7) is 3.84. The van der Waals surface area contributed by atoms with E-state index in [1.54, 1.807) is 12.1 Å². The lowest BCUT2D eigenvalue weighted by atomic mass is 9.82. The molecule has 2 aliphatic rings. The molecule has 12 heteroatoms. The van der Waals surface area contributed by atoms with Gasteiger partial charge in [-0.1, -0.05) is 38.1 Å². The van der Waals surface area contributed by atoms with E-state index >= 15 is 0 Å². The molecular weight excluding hydrogens is 536 g/mol. The fourth-order valence-corrected chi connectivity index (χ4v) is 5.44. The fraction of sp³-hybridized carbons (Fsp3) is 0.276. The molecule has 1 aliphatic carbocycles. The van der Waals surface area contributed by atoms with Crippen molar-refractivity contribution in [2.75, 3.05) is 21.3 Å². The first-order chi connectivity index (χ1) is 19.4. The van der Waals surface area contributed by atoms with E-state index in [0.717, 1.165) is 11.6 Å². The van der Waals surface area contributed by atoms with E-state index in [-0.39, 0.29) is 45.6 Å². The zero-order valence-electron chi connectivity index (χ0n) is 22.8. The van der Waals surface area contributed by atoms with E-state index in [2.05, 4.69) is 5.32 Å². The highest BCUT2D eigenvalue weighted by Crippen LogP contribution is 2.60. The van der Waals surface area contributed by atoms with Gasteiger partial charge in [-0.25, -0.2) is 0 Å². The fourth-order valence-electron chi connectivity index (χ4n) is 5.44. The van der Waals surface area contributed by atoms with Crippen molar-refractivity contribution in [3.63, 3.8) is 0 Å². The number of amides is 1. The second kappa shape index (κ2) is 9.59. The summed E-state index contributed by atoms with van der Waals surface area (Å²) < 4.78 is 21.7. The van der Waals surface area contributed by atoms with Crippen molar-refractivity contribution in [3.8, 4) is 23.0 Å². The Labute approximate surface area is 233 Å². The van der Waals surface area contributed by atoms with Crippen molar-refractivity contribution in [2.45, 2.75) is 31.1 Å². The van der Waals surface area contributed by atoms with E-state index in [1.807, 2.05) is 13.8 Å². The smallest absolute Gasteiger partial charge is 0.293 e. The summed E-state index contributed by atoms with van der Waals surface area (Å²) in [5, 5.41) is 26.5. The highest BCUT2D eigenvalue weighted by molar-refractivity contribution is 6.43. The van der Waals surface area contributed by atoms with Gasteiger partial charge in [-0.15, -0.1) is 0 Å². The number of hydrogen-bond donors (Lipinski definition) is 2. The lowest BCUT2D eigenvalue weighted by Gasteiger charge is -2.33. The first-order valence-electron chi connectivity index (χ1n) is 12.5. The van der Waals surface area contributed by atoms with Crippen LogP contribution in [-0.2, 0) is 16.1 Å². The van der Waals surface area contributed by atoms with E-state index in [0.29, 0.717) is 0 Å². The molecule has 0 saturated carbocycles. The second-order valence-corrected chi connectivity index (χ2v) is 9.89. The Kier molecular flexibility index (Phi) is 6.46. The van der Waals surface area contributed by atoms with Crippen LogP contribution in [0.4, 0.5) is 5.69 Å². The maximum atomic E-state index is 14.1.